The normalized spacial score (nSPS) is 15.8. The van der Waals surface area contributed by atoms with Crippen molar-refractivity contribution in [1.82, 2.24) is 0 Å². The van der Waals surface area contributed by atoms with Gasteiger partial charge >= 0.3 is 0 Å². The number of nitriles is 1. The summed E-state index contributed by atoms with van der Waals surface area (Å²) in [6.07, 6.45) is 1.72. The van der Waals surface area contributed by atoms with E-state index in [1.165, 1.54) is 24.3 Å². The molecule has 0 bridgehead atoms. The SMILES string of the molecule is N#CC1(c2ccc(NS(=O)(=O)c3ccc(Cl)cc3)cc2)CC1. The van der Waals surface area contributed by atoms with Gasteiger partial charge in [-0.1, -0.05) is 23.7 Å². The lowest BCUT2D eigenvalue weighted by molar-refractivity contribution is 0.601. The molecule has 1 saturated carbocycles. The quantitative estimate of drug-likeness (QED) is 0.928. The van der Waals surface area contributed by atoms with E-state index in [1.807, 2.05) is 0 Å². The van der Waals surface area contributed by atoms with Crippen LogP contribution in [0.25, 0.3) is 0 Å². The van der Waals surface area contributed by atoms with E-state index in [0.29, 0.717) is 10.7 Å². The van der Waals surface area contributed by atoms with Crippen LogP contribution in [0.2, 0.25) is 5.02 Å². The summed E-state index contributed by atoms with van der Waals surface area (Å²) < 4.78 is 27.0. The van der Waals surface area contributed by atoms with E-state index in [4.69, 9.17) is 16.9 Å². The van der Waals surface area contributed by atoms with Crippen molar-refractivity contribution in [2.45, 2.75) is 23.2 Å². The highest BCUT2D eigenvalue weighted by Gasteiger charge is 2.44. The van der Waals surface area contributed by atoms with Crippen molar-refractivity contribution in [1.29, 1.82) is 5.26 Å². The first-order valence-electron chi connectivity index (χ1n) is 6.75. The number of rotatable bonds is 4. The zero-order valence-corrected chi connectivity index (χ0v) is 13.2. The van der Waals surface area contributed by atoms with E-state index in [9.17, 15) is 8.42 Å². The molecule has 0 aliphatic heterocycles. The molecule has 0 aromatic heterocycles. The number of nitrogens with one attached hydrogen (secondary N) is 1. The molecule has 0 atom stereocenters. The van der Waals surface area contributed by atoms with Crippen LogP contribution in [0.1, 0.15) is 18.4 Å². The van der Waals surface area contributed by atoms with Gasteiger partial charge in [0, 0.05) is 10.7 Å². The van der Waals surface area contributed by atoms with Gasteiger partial charge in [0.15, 0.2) is 0 Å². The summed E-state index contributed by atoms with van der Waals surface area (Å²) in [6, 6.07) is 15.2. The van der Waals surface area contributed by atoms with Crippen LogP contribution in [0, 0.1) is 11.3 Å². The third-order valence-corrected chi connectivity index (χ3v) is 5.43. The Morgan fingerprint density at radius 2 is 1.64 bits per heavy atom. The molecule has 0 radical (unpaired) electrons. The second kappa shape index (κ2) is 5.31. The number of benzene rings is 2. The fourth-order valence-corrected chi connectivity index (χ4v) is 3.46. The molecule has 2 aromatic rings. The van der Waals surface area contributed by atoms with Gasteiger partial charge in [0.1, 0.15) is 0 Å². The number of halogens is 1. The molecule has 0 heterocycles. The van der Waals surface area contributed by atoms with Gasteiger partial charge in [-0.05, 0) is 54.8 Å². The standard InChI is InChI=1S/C16H13ClN2O2S/c17-13-3-7-15(8-4-13)22(20,21)19-14-5-1-12(2-6-14)16(11-18)9-10-16/h1-8,19H,9-10H2. The predicted octanol–water partition coefficient (Wildman–Crippen LogP) is 3.70. The van der Waals surface area contributed by atoms with E-state index in [2.05, 4.69) is 10.8 Å². The lowest BCUT2D eigenvalue weighted by Gasteiger charge is -2.10. The van der Waals surface area contributed by atoms with Gasteiger partial charge in [0.05, 0.1) is 16.4 Å². The molecule has 1 fully saturated rings. The fraction of sp³-hybridized carbons (Fsp3) is 0.188. The lowest BCUT2D eigenvalue weighted by Crippen LogP contribution is -2.13. The highest BCUT2D eigenvalue weighted by molar-refractivity contribution is 7.92. The minimum absolute atomic E-state index is 0.150. The molecule has 6 heteroatoms. The van der Waals surface area contributed by atoms with Gasteiger partial charge in [-0.2, -0.15) is 5.26 Å². The summed E-state index contributed by atoms with van der Waals surface area (Å²) in [5, 5.41) is 9.65. The van der Waals surface area contributed by atoms with Crippen LogP contribution < -0.4 is 4.72 Å². The number of nitrogens with zero attached hydrogens (tertiary/aromatic N) is 1. The fourth-order valence-electron chi connectivity index (χ4n) is 2.28. The van der Waals surface area contributed by atoms with E-state index >= 15 is 0 Å². The van der Waals surface area contributed by atoms with Crippen LogP contribution >= 0.6 is 11.6 Å². The molecule has 0 saturated heterocycles. The van der Waals surface area contributed by atoms with Gasteiger partial charge in [0.2, 0.25) is 0 Å². The Hall–Kier alpha value is -2.03. The van der Waals surface area contributed by atoms with Crippen molar-refractivity contribution in [2.24, 2.45) is 0 Å². The average molecular weight is 333 g/mol. The van der Waals surface area contributed by atoms with E-state index < -0.39 is 10.0 Å². The first-order valence-corrected chi connectivity index (χ1v) is 8.62. The monoisotopic (exact) mass is 332 g/mol. The molecular formula is C16H13ClN2O2S. The first-order chi connectivity index (χ1) is 10.5. The van der Waals surface area contributed by atoms with Crippen molar-refractivity contribution in [2.75, 3.05) is 4.72 Å². The van der Waals surface area contributed by atoms with Crippen LogP contribution in [0.4, 0.5) is 5.69 Å². The highest BCUT2D eigenvalue weighted by atomic mass is 35.5. The average Bonchev–Trinajstić information content (AvgIpc) is 3.29. The molecular weight excluding hydrogens is 320 g/mol. The second-order valence-electron chi connectivity index (χ2n) is 5.33. The van der Waals surface area contributed by atoms with Crippen LogP contribution in [-0.2, 0) is 15.4 Å². The molecule has 2 aromatic carbocycles. The van der Waals surface area contributed by atoms with Crippen LogP contribution in [-0.4, -0.2) is 8.42 Å². The van der Waals surface area contributed by atoms with Gasteiger partial charge in [-0.15, -0.1) is 0 Å². The Kier molecular flexibility index (Phi) is 3.59. The maximum atomic E-state index is 12.3. The predicted molar refractivity (Wildman–Crippen MR) is 85.2 cm³/mol. The summed E-state index contributed by atoms with van der Waals surface area (Å²) in [5.74, 6) is 0. The summed E-state index contributed by atoms with van der Waals surface area (Å²) in [5.41, 5.74) is 1.03. The third kappa shape index (κ3) is 2.80. The van der Waals surface area contributed by atoms with Crippen LogP contribution in [0.3, 0.4) is 0 Å². The largest absolute Gasteiger partial charge is 0.280 e. The third-order valence-electron chi connectivity index (χ3n) is 3.78. The number of anilines is 1. The van der Waals surface area contributed by atoms with Crippen molar-refractivity contribution in [3.8, 4) is 6.07 Å². The molecule has 112 valence electrons. The maximum absolute atomic E-state index is 12.3. The van der Waals surface area contributed by atoms with Crippen molar-refractivity contribution in [3.05, 3.63) is 59.1 Å². The summed E-state index contributed by atoms with van der Waals surface area (Å²) >= 11 is 5.76. The Bertz CT molecular complexity index is 833. The van der Waals surface area contributed by atoms with Gasteiger partial charge in [-0.25, -0.2) is 8.42 Å². The molecule has 4 nitrogen and oxygen atoms in total. The highest BCUT2D eigenvalue weighted by Crippen LogP contribution is 2.47. The first kappa shape index (κ1) is 14.9. The molecule has 1 N–H and O–H groups in total. The molecule has 0 unspecified atom stereocenters. The van der Waals surface area contributed by atoms with Gasteiger partial charge in [0.25, 0.3) is 10.0 Å². The summed E-state index contributed by atoms with van der Waals surface area (Å²) in [4.78, 5) is 0.150. The Morgan fingerprint density at radius 1 is 1.05 bits per heavy atom. The van der Waals surface area contributed by atoms with Gasteiger partial charge in [-0.3, -0.25) is 4.72 Å². The van der Waals surface area contributed by atoms with Crippen LogP contribution in [0.15, 0.2) is 53.4 Å². The van der Waals surface area contributed by atoms with Crippen LogP contribution in [0.5, 0.6) is 0 Å². The van der Waals surface area contributed by atoms with Gasteiger partial charge < -0.3 is 0 Å². The zero-order chi connectivity index (χ0) is 15.8. The Balaban J connectivity index is 1.81. The number of sulfonamides is 1. The number of hydrogen-bond acceptors (Lipinski definition) is 3. The maximum Gasteiger partial charge on any atom is 0.261 e. The number of hydrogen-bond donors (Lipinski definition) is 1. The molecule has 0 amide bonds. The van der Waals surface area contributed by atoms with Crippen molar-refractivity contribution >= 4 is 27.3 Å². The van der Waals surface area contributed by atoms with E-state index in [0.717, 1.165) is 18.4 Å². The zero-order valence-electron chi connectivity index (χ0n) is 11.6. The second-order valence-corrected chi connectivity index (χ2v) is 7.45. The molecule has 22 heavy (non-hydrogen) atoms. The molecule has 1 aliphatic carbocycles. The lowest BCUT2D eigenvalue weighted by atomic mass is 9.98. The minimum atomic E-state index is -3.64. The summed E-state index contributed by atoms with van der Waals surface area (Å²) in [7, 11) is -3.64. The van der Waals surface area contributed by atoms with E-state index in [-0.39, 0.29) is 10.3 Å². The van der Waals surface area contributed by atoms with Crippen molar-refractivity contribution < 1.29 is 8.42 Å². The minimum Gasteiger partial charge on any atom is -0.280 e. The van der Waals surface area contributed by atoms with Crippen molar-refractivity contribution in [3.63, 3.8) is 0 Å². The molecule has 1 aliphatic rings. The smallest absolute Gasteiger partial charge is 0.261 e. The Morgan fingerprint density at radius 3 is 2.14 bits per heavy atom. The Labute approximate surface area is 134 Å². The van der Waals surface area contributed by atoms with E-state index in [1.54, 1.807) is 24.3 Å². The molecule has 0 spiro atoms. The topological polar surface area (TPSA) is 70.0 Å². The summed E-state index contributed by atoms with van der Waals surface area (Å²) in [6.45, 7) is 0. The molecule has 3 rings (SSSR count).